The summed E-state index contributed by atoms with van der Waals surface area (Å²) >= 11 is 5.27. The lowest BCUT2D eigenvalue weighted by Crippen LogP contribution is -2.49. The summed E-state index contributed by atoms with van der Waals surface area (Å²) in [5, 5.41) is 35.5. The van der Waals surface area contributed by atoms with Gasteiger partial charge in [0.2, 0.25) is 5.60 Å². The van der Waals surface area contributed by atoms with Gasteiger partial charge < -0.3 is 20.1 Å². The van der Waals surface area contributed by atoms with Gasteiger partial charge in [-0.05, 0) is 24.4 Å². The molecule has 1 saturated heterocycles. The maximum Gasteiger partial charge on any atom is 0.347 e. The first-order valence-corrected chi connectivity index (χ1v) is 6.24. The lowest BCUT2D eigenvalue weighted by molar-refractivity contribution is -0.0947. The highest BCUT2D eigenvalue weighted by molar-refractivity contribution is 6.30. The summed E-state index contributed by atoms with van der Waals surface area (Å²) in [4.78, 5) is 24.7. The Hall–Kier alpha value is -1.70. The van der Waals surface area contributed by atoms with Gasteiger partial charge in [-0.2, -0.15) is 9.78 Å². The van der Waals surface area contributed by atoms with Gasteiger partial charge >= 0.3 is 5.69 Å². The number of nitrogens with one attached hydrogen (secondary N) is 1. The number of rotatable bonds is 2. The van der Waals surface area contributed by atoms with Crippen molar-refractivity contribution in [1.82, 2.24) is 14.8 Å². The molecular formula is C11H12ClN3O6. The molecule has 2 rings (SSSR count). The van der Waals surface area contributed by atoms with Crippen LogP contribution in [0.5, 0.6) is 0 Å². The van der Waals surface area contributed by atoms with Gasteiger partial charge in [0.15, 0.2) is 6.23 Å². The van der Waals surface area contributed by atoms with E-state index in [-0.39, 0.29) is 0 Å². The van der Waals surface area contributed by atoms with Crippen LogP contribution in [0.1, 0.15) is 13.2 Å². The van der Waals surface area contributed by atoms with Crippen LogP contribution in [0.15, 0.2) is 15.8 Å². The number of aromatic nitrogens is 3. The lowest BCUT2D eigenvalue weighted by Gasteiger charge is -2.25. The van der Waals surface area contributed by atoms with Crippen molar-refractivity contribution in [3.63, 3.8) is 0 Å². The van der Waals surface area contributed by atoms with Gasteiger partial charge in [-0.25, -0.2) is 4.79 Å². The second-order valence-corrected chi connectivity index (χ2v) is 4.76. The molecule has 0 radical (unpaired) electrons. The Balaban J connectivity index is 2.56. The van der Waals surface area contributed by atoms with Crippen LogP contribution in [0.25, 0.3) is 0 Å². The standard InChI is InChI=1S/C11H12ClN3O6/c1-5(16)7-8(18)11(20,2-3-12)9(21-7)15-10(19)14-6(17)4-13-15/h4-5,7-9,16,18,20H,1H3,(H,14,17,19)/t5-,7-,8?,9-,11-/m1/s1. The highest BCUT2D eigenvalue weighted by atomic mass is 35.5. The minimum Gasteiger partial charge on any atom is -0.391 e. The van der Waals surface area contributed by atoms with Crippen molar-refractivity contribution in [2.24, 2.45) is 0 Å². The van der Waals surface area contributed by atoms with Crippen LogP contribution < -0.4 is 11.2 Å². The zero-order valence-corrected chi connectivity index (χ0v) is 11.5. The monoisotopic (exact) mass is 317 g/mol. The summed E-state index contributed by atoms with van der Waals surface area (Å²) < 4.78 is 5.88. The Kier molecular flexibility index (Phi) is 4.18. The SMILES string of the molecule is C[C@@H](O)[C@H]1O[C@@H](n2ncc(=O)[nH]c2=O)[C@@](O)(C#CCl)C1O. The number of aliphatic hydroxyl groups excluding tert-OH is 2. The predicted octanol–water partition coefficient (Wildman–Crippen LogP) is -2.50. The average Bonchev–Trinajstić information content (AvgIpc) is 2.64. The van der Waals surface area contributed by atoms with Crippen LogP contribution in [0.2, 0.25) is 0 Å². The smallest absolute Gasteiger partial charge is 0.347 e. The Labute approximate surface area is 122 Å². The van der Waals surface area contributed by atoms with Gasteiger partial charge in [-0.3, -0.25) is 9.78 Å². The molecule has 114 valence electrons. The van der Waals surface area contributed by atoms with E-state index in [4.69, 9.17) is 16.3 Å². The molecule has 2 heterocycles. The molecule has 1 aliphatic heterocycles. The Bertz CT molecular complexity index is 704. The van der Waals surface area contributed by atoms with Crippen molar-refractivity contribution >= 4 is 11.6 Å². The van der Waals surface area contributed by atoms with E-state index in [1.165, 1.54) is 6.92 Å². The summed E-state index contributed by atoms with van der Waals surface area (Å²) in [6.45, 7) is 1.33. The number of hydrogen-bond acceptors (Lipinski definition) is 7. The van der Waals surface area contributed by atoms with E-state index in [1.807, 2.05) is 10.4 Å². The van der Waals surface area contributed by atoms with Crippen molar-refractivity contribution in [3.8, 4) is 11.3 Å². The van der Waals surface area contributed by atoms with Gasteiger partial charge in [0.25, 0.3) is 5.56 Å². The van der Waals surface area contributed by atoms with Crippen molar-refractivity contribution in [3.05, 3.63) is 27.0 Å². The molecule has 1 aliphatic rings. The molecule has 0 amide bonds. The fourth-order valence-electron chi connectivity index (χ4n) is 2.09. The normalized spacial score (nSPS) is 33.3. The van der Waals surface area contributed by atoms with Crippen LogP contribution in [-0.4, -0.2) is 54.0 Å². The minimum atomic E-state index is -2.28. The van der Waals surface area contributed by atoms with Gasteiger partial charge in [0.05, 0.1) is 6.10 Å². The van der Waals surface area contributed by atoms with E-state index in [2.05, 4.69) is 11.0 Å². The van der Waals surface area contributed by atoms with Crippen molar-refractivity contribution in [2.75, 3.05) is 0 Å². The van der Waals surface area contributed by atoms with Gasteiger partial charge in [0, 0.05) is 5.38 Å². The molecule has 0 spiro atoms. The highest BCUT2D eigenvalue weighted by Crippen LogP contribution is 2.38. The molecular weight excluding hydrogens is 306 g/mol. The maximum atomic E-state index is 11.7. The molecule has 9 nitrogen and oxygen atoms in total. The minimum absolute atomic E-state index is 0.605. The van der Waals surface area contributed by atoms with Gasteiger partial charge in [-0.15, -0.1) is 0 Å². The summed E-state index contributed by atoms with van der Waals surface area (Å²) in [5.74, 6) is 2.14. The van der Waals surface area contributed by atoms with E-state index >= 15 is 0 Å². The van der Waals surface area contributed by atoms with Crippen molar-refractivity contribution in [1.29, 1.82) is 0 Å². The lowest BCUT2D eigenvalue weighted by atomic mass is 9.93. The first-order valence-electron chi connectivity index (χ1n) is 5.86. The third-order valence-corrected chi connectivity index (χ3v) is 3.20. The summed E-state index contributed by atoms with van der Waals surface area (Å²) in [5.41, 5.74) is -3.99. The van der Waals surface area contributed by atoms with E-state index < -0.39 is 41.4 Å². The van der Waals surface area contributed by atoms with E-state index in [0.717, 1.165) is 6.20 Å². The molecule has 4 N–H and O–H groups in total. The van der Waals surface area contributed by atoms with Gasteiger partial charge in [0.1, 0.15) is 18.4 Å². The predicted molar refractivity (Wildman–Crippen MR) is 69.3 cm³/mol. The van der Waals surface area contributed by atoms with Crippen molar-refractivity contribution in [2.45, 2.75) is 37.1 Å². The summed E-state index contributed by atoms with van der Waals surface area (Å²) in [6, 6.07) is 0. The number of halogens is 1. The van der Waals surface area contributed by atoms with Crippen LogP contribution >= 0.6 is 11.6 Å². The van der Waals surface area contributed by atoms with Crippen LogP contribution in [0, 0.1) is 11.3 Å². The first-order chi connectivity index (χ1) is 9.81. The molecule has 0 bridgehead atoms. The third kappa shape index (κ3) is 2.59. The molecule has 0 saturated carbocycles. The van der Waals surface area contributed by atoms with E-state index in [9.17, 15) is 24.9 Å². The molecule has 1 unspecified atom stereocenters. The van der Waals surface area contributed by atoms with Crippen LogP contribution in [-0.2, 0) is 4.74 Å². The maximum absolute atomic E-state index is 11.7. The third-order valence-electron chi connectivity index (χ3n) is 3.11. The Morgan fingerprint density at radius 2 is 2.29 bits per heavy atom. The van der Waals surface area contributed by atoms with Crippen molar-refractivity contribution < 1.29 is 20.1 Å². The average molecular weight is 318 g/mol. The molecule has 0 aromatic carbocycles. The molecule has 5 atom stereocenters. The molecule has 1 aromatic rings. The number of aromatic amines is 1. The summed E-state index contributed by atoms with van der Waals surface area (Å²) in [6.07, 6.45) is -4.79. The molecule has 21 heavy (non-hydrogen) atoms. The number of aliphatic hydroxyl groups is 3. The Morgan fingerprint density at radius 3 is 2.81 bits per heavy atom. The zero-order valence-electron chi connectivity index (χ0n) is 10.7. The fourth-order valence-corrected chi connectivity index (χ4v) is 2.24. The van der Waals surface area contributed by atoms with E-state index in [1.54, 1.807) is 0 Å². The summed E-state index contributed by atoms with van der Waals surface area (Å²) in [7, 11) is 0. The number of H-pyrrole nitrogens is 1. The highest BCUT2D eigenvalue weighted by Gasteiger charge is 2.57. The molecule has 10 heteroatoms. The molecule has 1 fully saturated rings. The van der Waals surface area contributed by atoms with Crippen LogP contribution in [0.3, 0.4) is 0 Å². The topological polar surface area (TPSA) is 138 Å². The second-order valence-electron chi connectivity index (χ2n) is 4.57. The molecule has 0 aliphatic carbocycles. The van der Waals surface area contributed by atoms with Crippen LogP contribution in [0.4, 0.5) is 0 Å². The largest absolute Gasteiger partial charge is 0.391 e. The first kappa shape index (κ1) is 15.7. The number of ether oxygens (including phenoxy) is 1. The Morgan fingerprint density at radius 1 is 1.62 bits per heavy atom. The van der Waals surface area contributed by atoms with Gasteiger partial charge in [-0.1, -0.05) is 0 Å². The number of hydrogen-bond donors (Lipinski definition) is 4. The van der Waals surface area contributed by atoms with E-state index in [0.29, 0.717) is 4.68 Å². The zero-order chi connectivity index (χ0) is 15.8. The fraction of sp³-hybridized carbons (Fsp3) is 0.545. The quantitative estimate of drug-likeness (QED) is 0.442. The number of nitrogens with zero attached hydrogens (tertiary/aromatic N) is 2. The second kappa shape index (κ2) is 5.59. The molecule has 1 aromatic heterocycles.